The quantitative estimate of drug-likeness (QED) is 0.714. The van der Waals surface area contributed by atoms with Gasteiger partial charge in [0.2, 0.25) is 0 Å². The largest absolute Gasteiger partial charge is 0.546 e. The molecule has 0 aromatic heterocycles. The van der Waals surface area contributed by atoms with Gasteiger partial charge in [0.25, 0.3) is 0 Å². The molecule has 1 aromatic rings. The van der Waals surface area contributed by atoms with E-state index in [2.05, 4.69) is 0 Å². The zero-order valence-electron chi connectivity index (χ0n) is 8.53. The summed E-state index contributed by atoms with van der Waals surface area (Å²) in [4.78, 5) is 10.5. The third-order valence-corrected chi connectivity index (χ3v) is 1.98. The molecular formula is C11H13O3-. The van der Waals surface area contributed by atoms with E-state index in [9.17, 15) is 9.90 Å². The van der Waals surface area contributed by atoms with Crippen molar-refractivity contribution in [3.63, 3.8) is 0 Å². The minimum absolute atomic E-state index is 0.599. The van der Waals surface area contributed by atoms with Crippen molar-refractivity contribution in [2.24, 2.45) is 0 Å². The van der Waals surface area contributed by atoms with Gasteiger partial charge in [-0.15, -0.1) is 0 Å². The molecule has 0 aliphatic heterocycles. The lowest BCUT2D eigenvalue weighted by molar-refractivity contribution is -0.312. The molecule has 1 aromatic carbocycles. The van der Waals surface area contributed by atoms with Crippen molar-refractivity contribution in [1.82, 2.24) is 0 Å². The summed E-state index contributed by atoms with van der Waals surface area (Å²) in [6.45, 7) is 5.25. The lowest BCUT2D eigenvalue weighted by Gasteiger charge is -2.17. The fourth-order valence-electron chi connectivity index (χ4n) is 1.07. The molecule has 0 radical (unpaired) electrons. The van der Waals surface area contributed by atoms with Gasteiger partial charge in [-0.3, -0.25) is 0 Å². The van der Waals surface area contributed by atoms with E-state index in [0.717, 1.165) is 11.1 Å². The number of aliphatic carboxylic acids is 1. The van der Waals surface area contributed by atoms with Crippen molar-refractivity contribution in [2.75, 3.05) is 0 Å². The highest BCUT2D eigenvalue weighted by atomic mass is 16.5. The van der Waals surface area contributed by atoms with Gasteiger partial charge in [0.15, 0.2) is 0 Å². The average Bonchev–Trinajstić information content (AvgIpc) is 2.11. The molecule has 0 N–H and O–H groups in total. The maximum absolute atomic E-state index is 10.5. The second-order valence-corrected chi connectivity index (χ2v) is 3.35. The van der Waals surface area contributed by atoms with Crippen molar-refractivity contribution in [1.29, 1.82) is 0 Å². The minimum Gasteiger partial charge on any atom is -0.546 e. The molecule has 3 heteroatoms. The number of carboxylic acid groups (broad SMARTS) is 1. The van der Waals surface area contributed by atoms with Gasteiger partial charge in [-0.25, -0.2) is 0 Å². The summed E-state index contributed by atoms with van der Waals surface area (Å²) in [7, 11) is 0. The van der Waals surface area contributed by atoms with Crippen molar-refractivity contribution < 1.29 is 14.6 Å². The summed E-state index contributed by atoms with van der Waals surface area (Å²) in [5.41, 5.74) is 1.96. The van der Waals surface area contributed by atoms with Crippen LogP contribution in [0.2, 0.25) is 0 Å². The third-order valence-electron chi connectivity index (χ3n) is 1.98. The van der Waals surface area contributed by atoms with Gasteiger partial charge in [-0.05, 0) is 38.0 Å². The van der Waals surface area contributed by atoms with Crippen LogP contribution in [0, 0.1) is 13.8 Å². The predicted octanol–water partition coefficient (Wildman–Crippen LogP) is 0.821. The van der Waals surface area contributed by atoms with E-state index in [4.69, 9.17) is 4.74 Å². The number of rotatable bonds is 3. The van der Waals surface area contributed by atoms with Crippen molar-refractivity contribution in [3.05, 3.63) is 29.3 Å². The van der Waals surface area contributed by atoms with E-state index in [1.165, 1.54) is 6.92 Å². The Morgan fingerprint density at radius 1 is 1.43 bits per heavy atom. The van der Waals surface area contributed by atoms with E-state index in [1.807, 2.05) is 32.0 Å². The summed E-state index contributed by atoms with van der Waals surface area (Å²) >= 11 is 0. The fraction of sp³-hybridized carbons (Fsp3) is 0.364. The Bertz CT molecular complexity index is 344. The molecule has 76 valence electrons. The van der Waals surface area contributed by atoms with Crippen LogP contribution in [0.5, 0.6) is 5.75 Å². The number of hydrogen-bond acceptors (Lipinski definition) is 3. The first-order valence-corrected chi connectivity index (χ1v) is 4.45. The first kappa shape index (κ1) is 10.6. The van der Waals surface area contributed by atoms with Crippen LogP contribution < -0.4 is 9.84 Å². The van der Waals surface area contributed by atoms with Crippen LogP contribution in [0.4, 0.5) is 0 Å². The normalized spacial score (nSPS) is 12.2. The topological polar surface area (TPSA) is 49.4 Å². The Labute approximate surface area is 83.3 Å². The highest BCUT2D eigenvalue weighted by Gasteiger charge is 2.06. The van der Waals surface area contributed by atoms with Crippen LogP contribution in [0.15, 0.2) is 18.2 Å². The number of hydrogen-bond donors (Lipinski definition) is 0. The summed E-state index contributed by atoms with van der Waals surface area (Å²) in [5.74, 6) is -0.604. The van der Waals surface area contributed by atoms with Crippen LogP contribution in [-0.4, -0.2) is 12.1 Å². The predicted molar refractivity (Wildman–Crippen MR) is 51.0 cm³/mol. The van der Waals surface area contributed by atoms with Gasteiger partial charge < -0.3 is 14.6 Å². The fourth-order valence-corrected chi connectivity index (χ4v) is 1.07. The van der Waals surface area contributed by atoms with Crippen LogP contribution in [0.3, 0.4) is 0 Å². The molecule has 0 aliphatic carbocycles. The Hall–Kier alpha value is -1.51. The lowest BCUT2D eigenvalue weighted by Crippen LogP contribution is -2.37. The molecule has 0 saturated carbocycles. The Morgan fingerprint density at radius 3 is 2.64 bits per heavy atom. The molecule has 0 heterocycles. The van der Waals surface area contributed by atoms with Gasteiger partial charge in [-0.1, -0.05) is 12.1 Å². The highest BCUT2D eigenvalue weighted by Crippen LogP contribution is 2.20. The molecule has 0 amide bonds. The number of carbonyl (C=O) groups excluding carboxylic acids is 1. The molecule has 0 fully saturated rings. The second kappa shape index (κ2) is 4.13. The molecule has 0 bridgehead atoms. The third kappa shape index (κ3) is 2.49. The van der Waals surface area contributed by atoms with E-state index in [0.29, 0.717) is 5.75 Å². The Kier molecular flexibility index (Phi) is 3.12. The monoisotopic (exact) mass is 193 g/mol. The van der Waals surface area contributed by atoms with Crippen molar-refractivity contribution in [2.45, 2.75) is 26.9 Å². The number of carbonyl (C=O) groups is 1. The van der Waals surface area contributed by atoms with E-state index >= 15 is 0 Å². The first-order chi connectivity index (χ1) is 6.50. The second-order valence-electron chi connectivity index (χ2n) is 3.35. The number of ether oxygens (including phenoxy) is 1. The molecular weight excluding hydrogens is 180 g/mol. The van der Waals surface area contributed by atoms with Crippen LogP contribution in [0.1, 0.15) is 18.1 Å². The zero-order chi connectivity index (χ0) is 10.7. The molecule has 0 spiro atoms. The maximum atomic E-state index is 10.5. The van der Waals surface area contributed by atoms with E-state index in [-0.39, 0.29) is 0 Å². The smallest absolute Gasteiger partial charge is 0.135 e. The molecule has 0 unspecified atom stereocenters. The maximum Gasteiger partial charge on any atom is 0.135 e. The Balaban J connectivity index is 2.85. The van der Waals surface area contributed by atoms with Crippen LogP contribution in [0.25, 0.3) is 0 Å². The van der Waals surface area contributed by atoms with Gasteiger partial charge in [0, 0.05) is 0 Å². The molecule has 1 rings (SSSR count). The molecule has 0 aliphatic rings. The van der Waals surface area contributed by atoms with Crippen LogP contribution in [-0.2, 0) is 4.79 Å². The number of carboxylic acids is 1. The molecule has 3 nitrogen and oxygen atoms in total. The van der Waals surface area contributed by atoms with Crippen molar-refractivity contribution >= 4 is 5.97 Å². The van der Waals surface area contributed by atoms with Gasteiger partial charge in [0.1, 0.15) is 11.9 Å². The van der Waals surface area contributed by atoms with Crippen LogP contribution >= 0.6 is 0 Å². The van der Waals surface area contributed by atoms with E-state index in [1.54, 1.807) is 0 Å². The minimum atomic E-state index is -1.20. The van der Waals surface area contributed by atoms with Gasteiger partial charge in [0.05, 0.1) is 5.97 Å². The first-order valence-electron chi connectivity index (χ1n) is 4.45. The zero-order valence-corrected chi connectivity index (χ0v) is 8.53. The summed E-state index contributed by atoms with van der Waals surface area (Å²) < 4.78 is 5.23. The number of aryl methyl sites for hydroxylation is 2. The average molecular weight is 193 g/mol. The van der Waals surface area contributed by atoms with Gasteiger partial charge >= 0.3 is 0 Å². The summed E-state index contributed by atoms with van der Waals surface area (Å²) in [5, 5.41) is 10.5. The lowest BCUT2D eigenvalue weighted by atomic mass is 10.1. The summed E-state index contributed by atoms with van der Waals surface area (Å²) in [6, 6.07) is 5.66. The molecule has 0 saturated heterocycles. The van der Waals surface area contributed by atoms with Crippen molar-refractivity contribution in [3.8, 4) is 5.75 Å². The number of benzene rings is 1. The summed E-state index contributed by atoms with van der Waals surface area (Å²) in [6.07, 6.45) is -0.921. The van der Waals surface area contributed by atoms with E-state index < -0.39 is 12.1 Å². The molecule has 1 atom stereocenters. The standard InChI is InChI=1S/C11H14O3/c1-7-4-5-8(2)10(6-7)14-9(3)11(12)13/h4-6,9H,1-3H3,(H,12,13)/p-1/t9-/m0/s1. The SMILES string of the molecule is Cc1ccc(C)c(O[C@@H](C)C(=O)[O-])c1. The molecule has 14 heavy (non-hydrogen) atoms. The highest BCUT2D eigenvalue weighted by molar-refractivity contribution is 5.70. The Morgan fingerprint density at radius 2 is 2.07 bits per heavy atom. The van der Waals surface area contributed by atoms with Gasteiger partial charge in [-0.2, -0.15) is 0 Å².